The summed E-state index contributed by atoms with van der Waals surface area (Å²) in [5.74, 6) is 1.03. The second-order valence-electron chi connectivity index (χ2n) is 7.17. The molecular formula is C20H22BrN3O3S2. The molecule has 154 valence electrons. The molecule has 4 atom stereocenters. The average molecular weight is 496 g/mol. The Morgan fingerprint density at radius 3 is 2.90 bits per heavy atom. The van der Waals surface area contributed by atoms with Crippen LogP contribution in [0.1, 0.15) is 28.7 Å². The van der Waals surface area contributed by atoms with Crippen molar-refractivity contribution in [2.75, 3.05) is 19.5 Å². The van der Waals surface area contributed by atoms with Gasteiger partial charge in [0.2, 0.25) is 0 Å². The van der Waals surface area contributed by atoms with E-state index in [0.29, 0.717) is 23.3 Å². The first-order valence-corrected chi connectivity index (χ1v) is 12.0. The number of amides is 1. The number of aliphatic imine (C=N–C) groups is 1. The van der Waals surface area contributed by atoms with Crippen molar-refractivity contribution in [2.45, 2.75) is 31.1 Å². The zero-order valence-electron chi connectivity index (χ0n) is 16.1. The molecule has 1 fully saturated rings. The molecule has 2 unspecified atom stereocenters. The molecule has 6 nitrogen and oxygen atoms in total. The number of nitrogens with zero attached hydrogens (tertiary/aromatic N) is 2. The second-order valence-corrected chi connectivity index (χ2v) is 9.85. The number of aromatic nitrogens is 1. The summed E-state index contributed by atoms with van der Waals surface area (Å²) in [6, 6.07) is 9.18. The van der Waals surface area contributed by atoms with Gasteiger partial charge in [0.1, 0.15) is 15.1 Å². The van der Waals surface area contributed by atoms with Crippen LogP contribution in [0.3, 0.4) is 0 Å². The Bertz CT molecular complexity index is 907. The summed E-state index contributed by atoms with van der Waals surface area (Å²) < 4.78 is 12.3. The molecule has 0 radical (unpaired) electrons. The van der Waals surface area contributed by atoms with Gasteiger partial charge in [-0.05, 0) is 41.4 Å². The molecule has 2 aliphatic rings. The molecule has 1 N–H and O–H groups in total. The van der Waals surface area contributed by atoms with Crippen LogP contribution in [-0.4, -0.2) is 47.7 Å². The first-order valence-electron chi connectivity index (χ1n) is 9.38. The number of benzene rings is 1. The van der Waals surface area contributed by atoms with Crippen LogP contribution < -0.4 is 5.32 Å². The highest BCUT2D eigenvalue weighted by Crippen LogP contribution is 2.56. The number of thioether (sulfide) groups is 1. The Hall–Kier alpha value is -1.26. The molecule has 29 heavy (non-hydrogen) atoms. The van der Waals surface area contributed by atoms with Crippen LogP contribution in [0.15, 0.2) is 45.3 Å². The topological polar surface area (TPSA) is 72.8 Å². The smallest absolute Gasteiger partial charge is 0.257 e. The lowest BCUT2D eigenvalue weighted by molar-refractivity contribution is -0.140. The molecule has 1 aromatic heterocycles. The van der Waals surface area contributed by atoms with Crippen molar-refractivity contribution in [3.63, 3.8) is 0 Å². The summed E-state index contributed by atoms with van der Waals surface area (Å²) in [7, 11) is 1.67. The molecule has 9 heteroatoms. The lowest BCUT2D eigenvalue weighted by Gasteiger charge is -2.54. The number of amidine groups is 1. The van der Waals surface area contributed by atoms with Gasteiger partial charge in [-0.1, -0.05) is 30.0 Å². The molecule has 1 amide bonds. The maximum absolute atomic E-state index is 12.6. The van der Waals surface area contributed by atoms with Crippen molar-refractivity contribution >= 4 is 50.1 Å². The Labute approximate surface area is 186 Å². The highest BCUT2D eigenvalue weighted by Gasteiger charge is 2.61. The van der Waals surface area contributed by atoms with Crippen molar-refractivity contribution in [3.05, 3.63) is 50.9 Å². The fourth-order valence-electron chi connectivity index (χ4n) is 3.79. The molecular weight excluding hydrogens is 474 g/mol. The van der Waals surface area contributed by atoms with E-state index in [1.54, 1.807) is 42.3 Å². The van der Waals surface area contributed by atoms with Crippen molar-refractivity contribution in [1.82, 2.24) is 10.3 Å². The number of hydrogen-bond acceptors (Lipinski definition) is 7. The average Bonchev–Trinajstić information content (AvgIpc) is 3.14. The minimum atomic E-state index is -0.566. The minimum Gasteiger partial charge on any atom is -0.382 e. The third-order valence-electron chi connectivity index (χ3n) is 5.19. The quantitative estimate of drug-likeness (QED) is 0.653. The molecule has 1 saturated carbocycles. The zero-order valence-corrected chi connectivity index (χ0v) is 19.4. The maximum atomic E-state index is 12.6. The van der Waals surface area contributed by atoms with Crippen LogP contribution in [0.25, 0.3) is 0 Å². The predicted octanol–water partition coefficient (Wildman–Crippen LogP) is 4.07. The molecule has 4 rings (SSSR count). The lowest BCUT2D eigenvalue weighted by Crippen LogP contribution is -2.61. The standard InChI is InChI=1S/C20H22BrN3O3S2/c1-12(9-26-2)27-15-8-14-10-29-19(23-17(25)13-6-4-3-5-7-13)24-20(14,15)18-22-16(21)11-28-18/h3-7,11-12,14-15H,8-10H2,1-2H3,(H,23,24,25)/t12?,14-,15?,20+/m0/s1. The first kappa shape index (κ1) is 21.0. The molecule has 0 saturated heterocycles. The Kier molecular flexibility index (Phi) is 6.41. The van der Waals surface area contributed by atoms with Crippen molar-refractivity contribution in [1.29, 1.82) is 0 Å². The SMILES string of the molecule is COCC(C)OC1C[C@H]2CSC(NC(=O)c3ccccc3)=N[C@@]12c1nc(Br)cs1. The number of ether oxygens (including phenoxy) is 2. The summed E-state index contributed by atoms with van der Waals surface area (Å²) in [6.07, 6.45) is 0.778. The van der Waals surface area contributed by atoms with E-state index in [9.17, 15) is 4.79 Å². The van der Waals surface area contributed by atoms with E-state index < -0.39 is 5.54 Å². The Morgan fingerprint density at radius 1 is 1.41 bits per heavy atom. The molecule has 1 aliphatic heterocycles. The van der Waals surface area contributed by atoms with Crippen molar-refractivity contribution < 1.29 is 14.3 Å². The molecule has 2 aromatic rings. The van der Waals surface area contributed by atoms with Gasteiger partial charge in [0.15, 0.2) is 5.17 Å². The number of rotatable bonds is 6. The number of carbonyl (C=O) groups excluding carboxylic acids is 1. The van der Waals surface area contributed by atoms with Gasteiger partial charge in [-0.2, -0.15) is 0 Å². The molecule has 1 aliphatic carbocycles. The van der Waals surface area contributed by atoms with Gasteiger partial charge in [0, 0.05) is 29.7 Å². The molecule has 2 heterocycles. The summed E-state index contributed by atoms with van der Waals surface area (Å²) >= 11 is 6.62. The number of halogens is 1. The fourth-order valence-corrected chi connectivity index (χ4v) is 6.44. The van der Waals surface area contributed by atoms with E-state index >= 15 is 0 Å². The van der Waals surface area contributed by atoms with E-state index in [4.69, 9.17) is 14.5 Å². The molecule has 1 aromatic carbocycles. The third kappa shape index (κ3) is 4.16. The van der Waals surface area contributed by atoms with Gasteiger partial charge >= 0.3 is 0 Å². The van der Waals surface area contributed by atoms with Gasteiger partial charge < -0.3 is 14.8 Å². The third-order valence-corrected chi connectivity index (χ3v) is 7.92. The van der Waals surface area contributed by atoms with Gasteiger partial charge in [-0.15, -0.1) is 11.3 Å². The van der Waals surface area contributed by atoms with E-state index in [2.05, 4.69) is 26.2 Å². The van der Waals surface area contributed by atoms with Crippen LogP contribution in [0.4, 0.5) is 0 Å². The van der Waals surface area contributed by atoms with Gasteiger partial charge in [0.05, 0.1) is 18.8 Å². The Balaban J connectivity index is 1.63. The predicted molar refractivity (Wildman–Crippen MR) is 120 cm³/mol. The van der Waals surface area contributed by atoms with Crippen LogP contribution in [0, 0.1) is 5.92 Å². The van der Waals surface area contributed by atoms with Gasteiger partial charge in [-0.3, -0.25) is 4.79 Å². The van der Waals surface area contributed by atoms with E-state index in [-0.39, 0.29) is 18.1 Å². The molecule has 0 bridgehead atoms. The normalized spacial score (nSPS) is 26.8. The van der Waals surface area contributed by atoms with E-state index in [1.807, 2.05) is 30.5 Å². The van der Waals surface area contributed by atoms with Gasteiger partial charge in [-0.25, -0.2) is 9.98 Å². The highest BCUT2D eigenvalue weighted by atomic mass is 79.9. The van der Waals surface area contributed by atoms with E-state index in [1.165, 1.54) is 0 Å². The second kappa shape index (κ2) is 8.85. The number of methoxy groups -OCH3 is 1. The first-order chi connectivity index (χ1) is 14.0. The molecule has 0 spiro atoms. The van der Waals surface area contributed by atoms with Crippen LogP contribution >= 0.6 is 39.0 Å². The summed E-state index contributed by atoms with van der Waals surface area (Å²) in [6.45, 7) is 2.52. The largest absolute Gasteiger partial charge is 0.382 e. The number of hydrogen-bond donors (Lipinski definition) is 1. The number of fused-ring (bicyclic) bond motifs is 1. The minimum absolute atomic E-state index is 0.0432. The number of carbonyl (C=O) groups is 1. The lowest BCUT2D eigenvalue weighted by atomic mass is 9.65. The summed E-state index contributed by atoms with van der Waals surface area (Å²) in [5, 5.41) is 6.48. The fraction of sp³-hybridized carbons (Fsp3) is 0.450. The van der Waals surface area contributed by atoms with Crippen molar-refractivity contribution in [2.24, 2.45) is 10.9 Å². The summed E-state index contributed by atoms with van der Waals surface area (Å²) in [4.78, 5) is 22.3. The highest BCUT2D eigenvalue weighted by molar-refractivity contribution is 9.10. The summed E-state index contributed by atoms with van der Waals surface area (Å²) in [5.41, 5.74) is 0.0440. The van der Waals surface area contributed by atoms with Gasteiger partial charge in [0.25, 0.3) is 5.91 Å². The zero-order chi connectivity index (χ0) is 20.4. The van der Waals surface area contributed by atoms with Crippen LogP contribution in [0.5, 0.6) is 0 Å². The number of nitrogens with one attached hydrogen (secondary N) is 1. The van der Waals surface area contributed by atoms with Crippen LogP contribution in [0.2, 0.25) is 0 Å². The van der Waals surface area contributed by atoms with E-state index in [0.717, 1.165) is 21.8 Å². The monoisotopic (exact) mass is 495 g/mol. The maximum Gasteiger partial charge on any atom is 0.257 e. The van der Waals surface area contributed by atoms with Crippen LogP contribution in [-0.2, 0) is 15.0 Å². The number of thiazole rings is 1. The van der Waals surface area contributed by atoms with Crippen molar-refractivity contribution in [3.8, 4) is 0 Å². The Morgan fingerprint density at radius 2 is 2.21 bits per heavy atom.